The summed E-state index contributed by atoms with van der Waals surface area (Å²) >= 11 is 0. The minimum atomic E-state index is 0.221. The van der Waals surface area contributed by atoms with Gasteiger partial charge in [-0.2, -0.15) is 5.26 Å². The van der Waals surface area contributed by atoms with Crippen molar-refractivity contribution in [3.63, 3.8) is 0 Å². The smallest absolute Gasteiger partial charge is 0.251 e. The maximum absolute atomic E-state index is 9.29. The topological polar surface area (TPSA) is 68.0 Å². The fourth-order valence-corrected chi connectivity index (χ4v) is 3.53. The van der Waals surface area contributed by atoms with E-state index in [4.69, 9.17) is 9.47 Å². The van der Waals surface area contributed by atoms with Gasteiger partial charge in [-0.05, 0) is 36.6 Å². The van der Waals surface area contributed by atoms with Gasteiger partial charge in [0.25, 0.3) is 5.88 Å². The molecule has 0 aliphatic rings. The lowest BCUT2D eigenvalue weighted by Crippen LogP contribution is -2.10. The van der Waals surface area contributed by atoms with Gasteiger partial charge in [-0.1, -0.05) is 85.0 Å². The van der Waals surface area contributed by atoms with E-state index >= 15 is 0 Å². The Hall–Kier alpha value is -2.61. The molecule has 0 saturated carbocycles. The molecule has 0 unspecified atom stereocenters. The Morgan fingerprint density at radius 2 is 1.52 bits per heavy atom. The zero-order valence-corrected chi connectivity index (χ0v) is 20.8. The lowest BCUT2D eigenvalue weighted by Gasteiger charge is -2.12. The highest BCUT2D eigenvalue weighted by atomic mass is 16.5. The Bertz CT molecular complexity index is 830. The monoisotopic (exact) mass is 451 g/mol. The first kappa shape index (κ1) is 26.6. The number of unbranched alkanes of at least 4 members (excludes halogenated alkanes) is 9. The van der Waals surface area contributed by atoms with E-state index in [1.807, 2.05) is 24.3 Å². The fraction of sp³-hybridized carbons (Fsp3) is 0.607. The molecule has 0 aliphatic carbocycles. The molecule has 2 aromatic rings. The summed E-state index contributed by atoms with van der Waals surface area (Å²) in [5.41, 5.74) is 1.83. The van der Waals surface area contributed by atoms with Gasteiger partial charge in [-0.25, -0.2) is 9.97 Å². The number of benzene rings is 1. The van der Waals surface area contributed by atoms with E-state index in [2.05, 4.69) is 36.8 Å². The Morgan fingerprint density at radius 3 is 2.12 bits per heavy atom. The van der Waals surface area contributed by atoms with Crippen molar-refractivity contribution in [2.24, 2.45) is 5.92 Å². The van der Waals surface area contributed by atoms with Crippen LogP contribution in [0.4, 0.5) is 0 Å². The molecule has 1 heterocycles. The number of nitrogens with zero attached hydrogens (tertiary/aromatic N) is 3. The molecule has 1 aromatic heterocycles. The van der Waals surface area contributed by atoms with Gasteiger partial charge >= 0.3 is 0 Å². The minimum absolute atomic E-state index is 0.221. The minimum Gasteiger partial charge on any atom is -0.494 e. The third kappa shape index (κ3) is 10.2. The number of hydrogen-bond donors (Lipinski definition) is 0. The standard InChI is InChI=1S/C28H41N3O2/c1-4-6-7-8-9-10-11-12-13-14-19-32-25-17-15-24(16-18-25)27-21-30-26(20-29)28(31-27)33-22-23(3)5-2/h15-18,21,23H,4-14,19,22H2,1-3H3/t23-/m0/s1. The van der Waals surface area contributed by atoms with Crippen molar-refractivity contribution in [2.45, 2.75) is 91.4 Å². The molecule has 0 fully saturated rings. The number of aromatic nitrogens is 2. The first-order chi connectivity index (χ1) is 16.2. The van der Waals surface area contributed by atoms with Crippen LogP contribution in [0.1, 0.15) is 97.1 Å². The first-order valence-electron chi connectivity index (χ1n) is 12.8. The van der Waals surface area contributed by atoms with Crippen LogP contribution in [0.3, 0.4) is 0 Å². The first-order valence-corrected chi connectivity index (χ1v) is 12.8. The van der Waals surface area contributed by atoms with E-state index in [1.54, 1.807) is 6.20 Å². The molecule has 2 rings (SSSR count). The van der Waals surface area contributed by atoms with Crippen LogP contribution < -0.4 is 9.47 Å². The van der Waals surface area contributed by atoms with Crippen LogP contribution in [0.25, 0.3) is 11.3 Å². The van der Waals surface area contributed by atoms with Crippen molar-refractivity contribution in [3.05, 3.63) is 36.2 Å². The largest absolute Gasteiger partial charge is 0.494 e. The molecule has 5 nitrogen and oxygen atoms in total. The second-order valence-corrected chi connectivity index (χ2v) is 8.90. The van der Waals surface area contributed by atoms with Gasteiger partial charge in [-0.15, -0.1) is 0 Å². The van der Waals surface area contributed by atoms with Crippen LogP contribution in [-0.4, -0.2) is 23.2 Å². The van der Waals surface area contributed by atoms with E-state index in [0.717, 1.165) is 30.8 Å². The SMILES string of the molecule is CCCCCCCCCCCCOc1ccc(-c2cnc(C#N)c(OC[C@@H](C)CC)n2)cc1. The van der Waals surface area contributed by atoms with Crippen LogP contribution in [0.5, 0.6) is 11.6 Å². The van der Waals surface area contributed by atoms with Gasteiger partial charge in [-0.3, -0.25) is 0 Å². The Balaban J connectivity index is 1.73. The molecular formula is C28H41N3O2. The van der Waals surface area contributed by atoms with Crippen LogP contribution in [0.15, 0.2) is 30.5 Å². The number of hydrogen-bond acceptors (Lipinski definition) is 5. The molecule has 1 atom stereocenters. The highest BCUT2D eigenvalue weighted by molar-refractivity contribution is 5.60. The molecular weight excluding hydrogens is 410 g/mol. The summed E-state index contributed by atoms with van der Waals surface area (Å²) in [6.45, 7) is 7.76. The van der Waals surface area contributed by atoms with Gasteiger partial charge in [0.05, 0.1) is 25.1 Å². The van der Waals surface area contributed by atoms with E-state index in [-0.39, 0.29) is 5.69 Å². The zero-order valence-electron chi connectivity index (χ0n) is 20.8. The zero-order chi connectivity index (χ0) is 23.7. The summed E-state index contributed by atoms with van der Waals surface area (Å²) in [5.74, 6) is 1.56. The average molecular weight is 452 g/mol. The molecule has 0 N–H and O–H groups in total. The fourth-order valence-electron chi connectivity index (χ4n) is 3.53. The lowest BCUT2D eigenvalue weighted by atomic mass is 10.1. The van der Waals surface area contributed by atoms with Crippen LogP contribution in [0.2, 0.25) is 0 Å². The molecule has 180 valence electrons. The average Bonchev–Trinajstić information content (AvgIpc) is 2.86. The van der Waals surface area contributed by atoms with Gasteiger partial charge in [0.1, 0.15) is 11.8 Å². The van der Waals surface area contributed by atoms with E-state index in [0.29, 0.717) is 24.1 Å². The maximum Gasteiger partial charge on any atom is 0.251 e. The van der Waals surface area contributed by atoms with Gasteiger partial charge < -0.3 is 9.47 Å². The van der Waals surface area contributed by atoms with Crippen molar-refractivity contribution in [1.29, 1.82) is 5.26 Å². The molecule has 0 spiro atoms. The van der Waals surface area contributed by atoms with Crippen molar-refractivity contribution < 1.29 is 9.47 Å². The van der Waals surface area contributed by atoms with E-state index in [1.165, 1.54) is 57.8 Å². The third-order valence-corrected chi connectivity index (χ3v) is 5.96. The van der Waals surface area contributed by atoms with Crippen LogP contribution >= 0.6 is 0 Å². The summed E-state index contributed by atoms with van der Waals surface area (Å²) in [7, 11) is 0. The Kier molecular flexibility index (Phi) is 13.0. The predicted octanol–water partition coefficient (Wildman–Crippen LogP) is 7.74. The second-order valence-electron chi connectivity index (χ2n) is 8.90. The number of rotatable bonds is 17. The highest BCUT2D eigenvalue weighted by Crippen LogP contribution is 2.24. The summed E-state index contributed by atoms with van der Waals surface area (Å²) < 4.78 is 11.7. The summed E-state index contributed by atoms with van der Waals surface area (Å²) in [5, 5.41) is 9.29. The molecule has 0 saturated heterocycles. The number of nitriles is 1. The van der Waals surface area contributed by atoms with Crippen molar-refractivity contribution >= 4 is 0 Å². The molecule has 0 radical (unpaired) electrons. The molecule has 5 heteroatoms. The second kappa shape index (κ2) is 16.1. The quantitative estimate of drug-likeness (QED) is 0.230. The normalized spacial score (nSPS) is 11.7. The number of ether oxygens (including phenoxy) is 2. The molecule has 0 aliphatic heterocycles. The van der Waals surface area contributed by atoms with Gasteiger partial charge in [0.2, 0.25) is 5.69 Å². The summed E-state index contributed by atoms with van der Waals surface area (Å²) in [6.07, 6.45) is 15.8. The van der Waals surface area contributed by atoms with Crippen LogP contribution in [0, 0.1) is 17.2 Å². The summed E-state index contributed by atoms with van der Waals surface area (Å²) in [6, 6.07) is 9.94. The predicted molar refractivity (Wildman–Crippen MR) is 134 cm³/mol. The highest BCUT2D eigenvalue weighted by Gasteiger charge is 2.12. The van der Waals surface area contributed by atoms with Crippen molar-refractivity contribution in [1.82, 2.24) is 9.97 Å². The van der Waals surface area contributed by atoms with Gasteiger partial charge in [0.15, 0.2) is 0 Å². The molecule has 1 aromatic carbocycles. The third-order valence-electron chi connectivity index (χ3n) is 5.96. The molecule has 0 bridgehead atoms. The molecule has 0 amide bonds. The van der Waals surface area contributed by atoms with Crippen molar-refractivity contribution in [2.75, 3.05) is 13.2 Å². The summed E-state index contributed by atoms with van der Waals surface area (Å²) in [4.78, 5) is 8.76. The van der Waals surface area contributed by atoms with Gasteiger partial charge in [0, 0.05) is 5.56 Å². The molecule has 33 heavy (non-hydrogen) atoms. The Labute approximate surface area is 200 Å². The lowest BCUT2D eigenvalue weighted by molar-refractivity contribution is 0.246. The van der Waals surface area contributed by atoms with E-state index in [9.17, 15) is 5.26 Å². The maximum atomic E-state index is 9.29. The van der Waals surface area contributed by atoms with Crippen LogP contribution in [-0.2, 0) is 0 Å². The van der Waals surface area contributed by atoms with E-state index < -0.39 is 0 Å². The van der Waals surface area contributed by atoms with Crippen molar-refractivity contribution in [3.8, 4) is 29.0 Å². The Morgan fingerprint density at radius 1 is 0.879 bits per heavy atom.